The number of carbonyl (C=O) groups is 2. The summed E-state index contributed by atoms with van der Waals surface area (Å²) in [5.41, 5.74) is 8.56. The molecule has 276 valence electrons. The number of rotatable bonds is 9. The summed E-state index contributed by atoms with van der Waals surface area (Å²) in [6.45, 7) is 10.7. The molecule has 0 unspecified atom stereocenters. The highest BCUT2D eigenvalue weighted by molar-refractivity contribution is 6.06. The highest BCUT2D eigenvalue weighted by Crippen LogP contribution is 2.32. The number of nitrogens with zero attached hydrogens (tertiary/aromatic N) is 7. The molecule has 8 rings (SSSR count). The van der Waals surface area contributed by atoms with E-state index in [0.29, 0.717) is 25.0 Å². The summed E-state index contributed by atoms with van der Waals surface area (Å²) in [7, 11) is 1.62. The van der Waals surface area contributed by atoms with Gasteiger partial charge in [0, 0.05) is 93.8 Å². The lowest BCUT2D eigenvalue weighted by molar-refractivity contribution is -0.129. The van der Waals surface area contributed by atoms with Crippen molar-refractivity contribution in [3.05, 3.63) is 95.3 Å². The van der Waals surface area contributed by atoms with Crippen LogP contribution in [0.3, 0.4) is 0 Å². The van der Waals surface area contributed by atoms with Crippen molar-refractivity contribution >= 4 is 40.6 Å². The van der Waals surface area contributed by atoms with E-state index in [9.17, 15) is 9.59 Å². The number of fused-ring (bicyclic) bond motifs is 1. The van der Waals surface area contributed by atoms with Crippen molar-refractivity contribution in [2.45, 2.75) is 51.7 Å². The van der Waals surface area contributed by atoms with Gasteiger partial charge in [-0.15, -0.1) is 0 Å². The van der Waals surface area contributed by atoms with Gasteiger partial charge in [-0.1, -0.05) is 12.1 Å². The number of piperidine rings is 1. The lowest BCUT2D eigenvalue weighted by atomic mass is 10.0. The molecule has 53 heavy (non-hydrogen) atoms. The van der Waals surface area contributed by atoms with Crippen molar-refractivity contribution in [1.29, 1.82) is 0 Å². The number of piperazine rings is 1. The third-order valence-corrected chi connectivity index (χ3v) is 11.2. The van der Waals surface area contributed by atoms with Crippen LogP contribution in [0.5, 0.6) is 5.75 Å². The van der Waals surface area contributed by atoms with E-state index in [2.05, 4.69) is 79.7 Å². The first-order valence-corrected chi connectivity index (χ1v) is 18.9. The van der Waals surface area contributed by atoms with E-state index in [4.69, 9.17) is 9.72 Å². The Morgan fingerprint density at radius 3 is 2.32 bits per heavy atom. The lowest BCUT2D eigenvalue weighted by Crippen LogP contribution is -2.53. The summed E-state index contributed by atoms with van der Waals surface area (Å²) in [6.07, 6.45) is 5.50. The van der Waals surface area contributed by atoms with Crippen LogP contribution in [0.2, 0.25) is 0 Å². The Kier molecular flexibility index (Phi) is 10.1. The van der Waals surface area contributed by atoms with E-state index in [1.54, 1.807) is 12.0 Å². The van der Waals surface area contributed by atoms with E-state index in [0.717, 1.165) is 106 Å². The van der Waals surface area contributed by atoms with Crippen molar-refractivity contribution in [3.8, 4) is 5.75 Å². The molecule has 0 bridgehead atoms. The highest BCUT2D eigenvalue weighted by atomic mass is 16.5. The molecule has 2 N–H and O–H groups in total. The molecule has 1 aromatic heterocycles. The van der Waals surface area contributed by atoms with Crippen molar-refractivity contribution in [1.82, 2.24) is 25.1 Å². The van der Waals surface area contributed by atoms with Crippen LogP contribution in [-0.4, -0.2) is 97.2 Å². The van der Waals surface area contributed by atoms with E-state index >= 15 is 0 Å². The van der Waals surface area contributed by atoms with E-state index in [1.807, 2.05) is 30.5 Å². The Bertz CT molecular complexity index is 1920. The maximum Gasteiger partial charge on any atom is 0.331 e. The van der Waals surface area contributed by atoms with Crippen molar-refractivity contribution in [2.24, 2.45) is 0 Å². The Balaban J connectivity index is 0.815. The van der Waals surface area contributed by atoms with Gasteiger partial charge in [0.1, 0.15) is 5.75 Å². The van der Waals surface area contributed by atoms with Gasteiger partial charge in [-0.2, -0.15) is 0 Å². The first-order valence-electron chi connectivity index (χ1n) is 18.9. The number of methoxy groups -OCH3 is 1. The number of anilines is 5. The van der Waals surface area contributed by atoms with Crippen LogP contribution in [0.4, 0.5) is 33.5 Å². The number of benzene rings is 3. The monoisotopic (exact) mass is 715 g/mol. The van der Waals surface area contributed by atoms with Crippen LogP contribution < -0.4 is 30.1 Å². The SMILES string of the molecule is COc1ccc(CN2C(=O)CCN(c3ccc(N4CCC(N5CCN(c6ccc(Nc7ncc8c(n7)CNCC8)cc6)CC5)CC4)cc3C)C2=O)cc1. The van der Waals surface area contributed by atoms with Gasteiger partial charge in [0.05, 0.1) is 19.3 Å². The average Bonchev–Trinajstić information content (AvgIpc) is 3.20. The topological polar surface area (TPSA) is 109 Å². The zero-order valence-electron chi connectivity index (χ0n) is 30.8. The smallest absolute Gasteiger partial charge is 0.331 e. The lowest BCUT2D eigenvalue weighted by Gasteiger charge is -2.44. The number of ether oxygens (including phenoxy) is 1. The summed E-state index contributed by atoms with van der Waals surface area (Å²) in [5, 5.41) is 6.75. The summed E-state index contributed by atoms with van der Waals surface area (Å²) in [4.78, 5) is 46.4. The van der Waals surface area contributed by atoms with Crippen LogP contribution in [0.25, 0.3) is 0 Å². The predicted molar refractivity (Wildman–Crippen MR) is 208 cm³/mol. The van der Waals surface area contributed by atoms with E-state index in [1.165, 1.54) is 21.8 Å². The first kappa shape index (κ1) is 34.9. The van der Waals surface area contributed by atoms with Gasteiger partial charge >= 0.3 is 6.03 Å². The molecule has 0 atom stereocenters. The van der Waals surface area contributed by atoms with Crippen LogP contribution in [0, 0.1) is 6.92 Å². The zero-order valence-corrected chi connectivity index (χ0v) is 30.8. The molecule has 4 aromatic rings. The van der Waals surface area contributed by atoms with Gasteiger partial charge in [0.25, 0.3) is 0 Å². The second kappa shape index (κ2) is 15.4. The van der Waals surface area contributed by atoms with Crippen LogP contribution in [0.1, 0.15) is 41.6 Å². The molecule has 4 aliphatic heterocycles. The minimum atomic E-state index is -0.267. The van der Waals surface area contributed by atoms with Gasteiger partial charge in [0.2, 0.25) is 11.9 Å². The fourth-order valence-electron chi connectivity index (χ4n) is 8.14. The number of aryl methyl sites for hydroxylation is 1. The summed E-state index contributed by atoms with van der Waals surface area (Å²) >= 11 is 0. The number of hydrogen-bond donors (Lipinski definition) is 2. The predicted octanol–water partition coefficient (Wildman–Crippen LogP) is 5.33. The fourth-order valence-corrected chi connectivity index (χ4v) is 8.14. The number of nitrogens with one attached hydrogen (secondary N) is 2. The molecule has 3 fully saturated rings. The Morgan fingerprint density at radius 1 is 0.849 bits per heavy atom. The molecule has 5 heterocycles. The molecular formula is C41H49N9O3. The van der Waals surface area contributed by atoms with Crippen molar-refractivity contribution < 1.29 is 14.3 Å². The average molecular weight is 716 g/mol. The van der Waals surface area contributed by atoms with Crippen molar-refractivity contribution in [3.63, 3.8) is 0 Å². The number of urea groups is 1. The molecule has 3 aromatic carbocycles. The normalized spacial score (nSPS) is 18.7. The van der Waals surface area contributed by atoms with Gasteiger partial charge in [0.15, 0.2) is 0 Å². The van der Waals surface area contributed by atoms with Gasteiger partial charge in [-0.3, -0.25) is 19.5 Å². The summed E-state index contributed by atoms with van der Waals surface area (Å²) in [6, 6.07) is 22.8. The minimum absolute atomic E-state index is 0.141. The minimum Gasteiger partial charge on any atom is -0.497 e. The standard InChI is InChI=1S/C41H49N9O3/c1-29-25-35(9-12-38(29)49-20-16-39(51)50(41(49)52)28-30-3-10-36(53-2)11-4-30)46-18-14-34(15-19-46)48-23-21-47(22-24-48)33-7-5-32(6-8-33)44-40-43-26-31-13-17-42-27-37(31)45-40/h3-12,25-26,34,42H,13-24,27-28H2,1-2H3,(H,43,44,45). The summed E-state index contributed by atoms with van der Waals surface area (Å²) in [5.74, 6) is 1.25. The third-order valence-electron chi connectivity index (χ3n) is 11.2. The van der Waals surface area contributed by atoms with Crippen LogP contribution >= 0.6 is 0 Å². The first-order chi connectivity index (χ1) is 25.9. The molecule has 12 nitrogen and oxygen atoms in total. The molecule has 3 saturated heterocycles. The number of aromatic nitrogens is 2. The molecule has 0 aliphatic carbocycles. The molecule has 3 amide bonds. The number of carbonyl (C=O) groups excluding carboxylic acids is 2. The van der Waals surface area contributed by atoms with Crippen molar-refractivity contribution in [2.75, 3.05) is 79.5 Å². The van der Waals surface area contributed by atoms with Gasteiger partial charge in [-0.25, -0.2) is 14.8 Å². The molecule has 4 aliphatic rings. The second-order valence-corrected chi connectivity index (χ2v) is 14.5. The number of amides is 3. The Morgan fingerprint density at radius 2 is 1.58 bits per heavy atom. The van der Waals surface area contributed by atoms with E-state index < -0.39 is 0 Å². The van der Waals surface area contributed by atoms with Crippen LogP contribution in [-0.2, 0) is 24.3 Å². The number of hydrogen-bond acceptors (Lipinski definition) is 10. The Labute approximate surface area is 311 Å². The van der Waals surface area contributed by atoms with Gasteiger partial charge in [-0.05, 0) is 104 Å². The maximum atomic E-state index is 13.6. The zero-order chi connectivity index (χ0) is 36.3. The third kappa shape index (κ3) is 7.65. The molecule has 0 spiro atoms. The number of imide groups is 1. The highest BCUT2D eigenvalue weighted by Gasteiger charge is 2.34. The Hall–Kier alpha value is -5.20. The molecule has 0 radical (unpaired) electrons. The largest absolute Gasteiger partial charge is 0.497 e. The van der Waals surface area contributed by atoms with Crippen LogP contribution in [0.15, 0.2) is 72.9 Å². The summed E-state index contributed by atoms with van der Waals surface area (Å²) < 4.78 is 5.25. The fraction of sp³-hybridized carbons (Fsp3) is 0.415. The molecule has 0 saturated carbocycles. The van der Waals surface area contributed by atoms with Gasteiger partial charge < -0.3 is 25.2 Å². The molecular weight excluding hydrogens is 667 g/mol. The quantitative estimate of drug-likeness (QED) is 0.236. The maximum absolute atomic E-state index is 13.6. The molecule has 12 heteroatoms. The van der Waals surface area contributed by atoms with E-state index in [-0.39, 0.29) is 18.5 Å². The second-order valence-electron chi connectivity index (χ2n) is 14.5.